The Morgan fingerprint density at radius 1 is 1.29 bits per heavy atom. The number of aromatic nitrogens is 2. The molecule has 0 amide bonds. The van der Waals surface area contributed by atoms with Crippen molar-refractivity contribution in [1.29, 1.82) is 0 Å². The van der Waals surface area contributed by atoms with Crippen LogP contribution in [0.25, 0.3) is 0 Å². The van der Waals surface area contributed by atoms with E-state index in [2.05, 4.69) is 20.8 Å². The topological polar surface area (TPSA) is 44.0 Å². The minimum atomic E-state index is -0.283. The van der Waals surface area contributed by atoms with Crippen molar-refractivity contribution in [1.82, 2.24) is 9.13 Å². The molecule has 1 heterocycles. The summed E-state index contributed by atoms with van der Waals surface area (Å²) < 4.78 is 2.61. The molecule has 0 unspecified atom stereocenters. The summed E-state index contributed by atoms with van der Waals surface area (Å²) in [6.07, 6.45) is 0.932. The zero-order valence-corrected chi connectivity index (χ0v) is 11.6. The fourth-order valence-electron chi connectivity index (χ4n) is 1.28. The lowest BCUT2D eigenvalue weighted by Crippen LogP contribution is -2.37. The van der Waals surface area contributed by atoms with Crippen molar-refractivity contribution >= 4 is 11.8 Å². The van der Waals surface area contributed by atoms with Gasteiger partial charge in [-0.25, -0.2) is 4.79 Å². The predicted octanol–water partition coefficient (Wildman–Crippen LogP) is 1.43. The van der Waals surface area contributed by atoms with Crippen molar-refractivity contribution in [2.45, 2.75) is 25.3 Å². The van der Waals surface area contributed by atoms with Crippen LogP contribution in [0, 0.1) is 12.3 Å². The van der Waals surface area contributed by atoms with Gasteiger partial charge in [-0.15, -0.1) is 11.8 Å². The van der Waals surface area contributed by atoms with Crippen LogP contribution in [0.15, 0.2) is 20.7 Å². The van der Waals surface area contributed by atoms with Gasteiger partial charge in [0, 0.05) is 20.2 Å². The summed E-state index contributed by atoms with van der Waals surface area (Å²) in [7, 11) is 3.16. The Labute approximate surface area is 106 Å². The summed E-state index contributed by atoms with van der Waals surface area (Å²) in [6.45, 7) is 8.16. The van der Waals surface area contributed by atoms with Crippen LogP contribution >= 0.6 is 11.8 Å². The summed E-state index contributed by atoms with van der Waals surface area (Å²) in [6, 6.07) is 1.50. The van der Waals surface area contributed by atoms with Crippen LogP contribution in [0.2, 0.25) is 0 Å². The van der Waals surface area contributed by atoms with Gasteiger partial charge in [-0.05, 0) is 24.5 Å². The Hall–Kier alpha value is -0.970. The molecule has 0 saturated carbocycles. The lowest BCUT2D eigenvalue weighted by Gasteiger charge is -2.17. The fourth-order valence-corrected chi connectivity index (χ4v) is 2.60. The highest BCUT2D eigenvalue weighted by Crippen LogP contribution is 2.24. The highest BCUT2D eigenvalue weighted by Gasteiger charge is 2.11. The Kier molecular flexibility index (Phi) is 4.25. The third-order valence-corrected chi connectivity index (χ3v) is 3.61. The van der Waals surface area contributed by atoms with Crippen molar-refractivity contribution in [3.8, 4) is 0 Å². The normalized spacial score (nSPS) is 11.8. The van der Waals surface area contributed by atoms with E-state index < -0.39 is 0 Å². The molecule has 0 bridgehead atoms. The molecule has 0 N–H and O–H groups in total. The molecule has 95 valence electrons. The first-order chi connectivity index (χ1) is 7.72. The van der Waals surface area contributed by atoms with Gasteiger partial charge in [0.05, 0.1) is 5.03 Å². The molecule has 1 aromatic heterocycles. The second kappa shape index (κ2) is 5.12. The molecule has 1 radical (unpaired) electrons. The van der Waals surface area contributed by atoms with Gasteiger partial charge in [0.2, 0.25) is 0 Å². The molecule has 0 aromatic carbocycles. The van der Waals surface area contributed by atoms with E-state index in [0.29, 0.717) is 5.03 Å². The molecule has 0 spiro atoms. The molecule has 0 saturated heterocycles. The van der Waals surface area contributed by atoms with Crippen molar-refractivity contribution in [2.24, 2.45) is 19.5 Å². The van der Waals surface area contributed by atoms with Crippen molar-refractivity contribution < 1.29 is 0 Å². The van der Waals surface area contributed by atoms with Crippen molar-refractivity contribution in [3.63, 3.8) is 0 Å². The van der Waals surface area contributed by atoms with E-state index >= 15 is 0 Å². The third-order valence-electron chi connectivity index (χ3n) is 2.51. The highest BCUT2D eigenvalue weighted by atomic mass is 32.2. The molecule has 17 heavy (non-hydrogen) atoms. The number of hydrogen-bond acceptors (Lipinski definition) is 3. The maximum absolute atomic E-state index is 11.7. The SMILES string of the molecule is [CH2]C(C)(C)CCSc1cc(=O)n(C)c(=O)n1C. The van der Waals surface area contributed by atoms with E-state index in [1.807, 2.05) is 0 Å². The summed E-state index contributed by atoms with van der Waals surface area (Å²) in [5.74, 6) is 0.844. The third kappa shape index (κ3) is 3.77. The zero-order chi connectivity index (χ0) is 13.2. The van der Waals surface area contributed by atoms with Gasteiger partial charge < -0.3 is 0 Å². The van der Waals surface area contributed by atoms with Gasteiger partial charge in [-0.2, -0.15) is 0 Å². The van der Waals surface area contributed by atoms with E-state index in [0.717, 1.165) is 16.7 Å². The zero-order valence-electron chi connectivity index (χ0n) is 10.8. The van der Waals surface area contributed by atoms with Crippen LogP contribution in [0.5, 0.6) is 0 Å². The summed E-state index contributed by atoms with van der Waals surface area (Å²) in [5.41, 5.74) is -0.524. The van der Waals surface area contributed by atoms with E-state index in [9.17, 15) is 9.59 Å². The maximum atomic E-state index is 11.7. The molecule has 0 aliphatic heterocycles. The van der Waals surface area contributed by atoms with Gasteiger partial charge in [-0.1, -0.05) is 13.8 Å². The second-order valence-corrected chi connectivity index (χ2v) is 6.10. The van der Waals surface area contributed by atoms with Gasteiger partial charge in [0.1, 0.15) is 0 Å². The number of hydrogen-bond donors (Lipinski definition) is 0. The molecule has 5 heteroatoms. The van der Waals surface area contributed by atoms with Crippen LogP contribution in [-0.4, -0.2) is 14.9 Å². The van der Waals surface area contributed by atoms with Gasteiger partial charge in [-0.3, -0.25) is 13.9 Å². The summed E-state index contributed by atoms with van der Waals surface area (Å²) >= 11 is 1.52. The maximum Gasteiger partial charge on any atom is 0.331 e. The molecule has 1 rings (SSSR count). The molecular formula is C12H19N2O2S. The van der Waals surface area contributed by atoms with E-state index in [1.165, 1.54) is 29.4 Å². The average molecular weight is 255 g/mol. The Morgan fingerprint density at radius 2 is 1.88 bits per heavy atom. The Balaban J connectivity index is 2.87. The molecule has 0 aliphatic rings. The number of rotatable bonds is 4. The number of thioether (sulfide) groups is 1. The van der Waals surface area contributed by atoms with Gasteiger partial charge in [0.25, 0.3) is 5.56 Å². The monoisotopic (exact) mass is 255 g/mol. The lowest BCUT2D eigenvalue weighted by molar-refractivity contribution is 0.461. The molecular weight excluding hydrogens is 236 g/mol. The quantitative estimate of drug-likeness (QED) is 0.604. The molecule has 4 nitrogen and oxygen atoms in total. The van der Waals surface area contributed by atoms with Crippen LogP contribution in [0.3, 0.4) is 0 Å². The lowest BCUT2D eigenvalue weighted by atomic mass is 9.94. The van der Waals surface area contributed by atoms with Crippen LogP contribution in [0.1, 0.15) is 20.3 Å². The Bertz CT molecular complexity index is 509. The molecule has 1 aromatic rings. The fraction of sp³-hybridized carbons (Fsp3) is 0.583. The minimum Gasteiger partial charge on any atom is -0.291 e. The van der Waals surface area contributed by atoms with Crippen LogP contribution < -0.4 is 11.2 Å². The first-order valence-electron chi connectivity index (χ1n) is 5.47. The van der Waals surface area contributed by atoms with E-state index in [-0.39, 0.29) is 16.7 Å². The Morgan fingerprint density at radius 3 is 2.41 bits per heavy atom. The standard InChI is InChI=1S/C12H19N2O2S/c1-12(2,3)6-7-17-10-8-9(15)13(4)11(16)14(10)5/h8H,1,6-7H2,2-5H3. The average Bonchev–Trinajstić information content (AvgIpc) is 2.21. The molecule has 0 fully saturated rings. The minimum absolute atomic E-state index is 0.0195. The summed E-state index contributed by atoms with van der Waals surface area (Å²) in [4.78, 5) is 23.2. The van der Waals surface area contributed by atoms with Crippen LogP contribution in [0.4, 0.5) is 0 Å². The predicted molar refractivity (Wildman–Crippen MR) is 71.4 cm³/mol. The van der Waals surface area contributed by atoms with Crippen LogP contribution in [-0.2, 0) is 14.1 Å². The van der Waals surface area contributed by atoms with E-state index in [1.54, 1.807) is 7.05 Å². The van der Waals surface area contributed by atoms with Crippen molar-refractivity contribution in [2.75, 3.05) is 5.75 Å². The molecule has 0 aliphatic carbocycles. The first kappa shape index (κ1) is 14.1. The highest BCUT2D eigenvalue weighted by molar-refractivity contribution is 7.99. The van der Waals surface area contributed by atoms with Crippen molar-refractivity contribution in [3.05, 3.63) is 33.8 Å². The summed E-state index contributed by atoms with van der Waals surface area (Å²) in [5, 5.41) is 0.711. The molecule has 0 atom stereocenters. The van der Waals surface area contributed by atoms with Gasteiger partial charge >= 0.3 is 5.69 Å². The van der Waals surface area contributed by atoms with E-state index in [4.69, 9.17) is 0 Å². The largest absolute Gasteiger partial charge is 0.331 e. The van der Waals surface area contributed by atoms with Gasteiger partial charge in [0.15, 0.2) is 0 Å². The first-order valence-corrected chi connectivity index (χ1v) is 6.46. The number of nitrogens with zero attached hydrogens (tertiary/aromatic N) is 2. The second-order valence-electron chi connectivity index (χ2n) is 4.98. The smallest absolute Gasteiger partial charge is 0.291 e.